The molecule has 2 aromatic carbocycles. The van der Waals surface area contributed by atoms with Crippen molar-refractivity contribution >= 4 is 16.9 Å². The van der Waals surface area contributed by atoms with Crippen molar-refractivity contribution in [3.05, 3.63) is 53.7 Å². The number of aliphatic hydroxyl groups is 1. The molecule has 2 heterocycles. The van der Waals surface area contributed by atoms with Crippen LogP contribution in [-0.2, 0) is 4.74 Å². The molecule has 2 unspecified atom stereocenters. The van der Waals surface area contributed by atoms with Crippen LogP contribution in [0.3, 0.4) is 0 Å². The van der Waals surface area contributed by atoms with Gasteiger partial charge in [0.2, 0.25) is 0 Å². The number of fused-ring (bicyclic) bond motifs is 2. The molecule has 4 rings (SSSR count). The Morgan fingerprint density at radius 3 is 2.91 bits per heavy atom. The molecule has 32 heavy (non-hydrogen) atoms. The van der Waals surface area contributed by atoms with E-state index >= 15 is 0 Å². The predicted molar refractivity (Wildman–Crippen MR) is 120 cm³/mol. The monoisotopic (exact) mass is 440 g/mol. The molecular weight excluding hydrogens is 412 g/mol. The van der Waals surface area contributed by atoms with Crippen molar-refractivity contribution in [3.8, 4) is 17.2 Å². The van der Waals surface area contributed by atoms with Gasteiger partial charge in [0, 0.05) is 18.5 Å². The summed E-state index contributed by atoms with van der Waals surface area (Å²) in [6.45, 7) is 5.46. The van der Waals surface area contributed by atoms with E-state index in [1.807, 2.05) is 43.3 Å². The predicted octanol–water partition coefficient (Wildman–Crippen LogP) is 2.82. The number of benzene rings is 2. The molecule has 3 aromatic rings. The molecule has 0 saturated heterocycles. The van der Waals surface area contributed by atoms with Crippen LogP contribution in [0.5, 0.6) is 17.2 Å². The molecule has 2 atom stereocenters. The highest BCUT2D eigenvalue weighted by Crippen LogP contribution is 2.31. The molecule has 0 radical (unpaired) electrons. The van der Waals surface area contributed by atoms with Gasteiger partial charge in [-0.05, 0) is 49.7 Å². The lowest BCUT2D eigenvalue weighted by Crippen LogP contribution is -2.41. The first-order chi connectivity index (χ1) is 15.5. The first-order valence-corrected chi connectivity index (χ1v) is 10.7. The quantitative estimate of drug-likeness (QED) is 0.440. The number of ether oxygens (including phenoxy) is 4. The molecule has 1 aliphatic rings. The highest BCUT2D eigenvalue weighted by molar-refractivity contribution is 5.97. The van der Waals surface area contributed by atoms with E-state index in [4.69, 9.17) is 18.9 Å². The zero-order valence-corrected chi connectivity index (χ0v) is 18.2. The van der Waals surface area contributed by atoms with E-state index in [1.54, 1.807) is 13.0 Å². The lowest BCUT2D eigenvalue weighted by molar-refractivity contribution is 0.0520. The lowest BCUT2D eigenvalue weighted by Gasteiger charge is -2.27. The molecule has 170 valence electrons. The molecule has 0 aliphatic carbocycles. The van der Waals surface area contributed by atoms with E-state index in [9.17, 15) is 9.90 Å². The molecule has 1 aliphatic heterocycles. The third-order valence-electron chi connectivity index (χ3n) is 5.09. The Hall–Kier alpha value is -3.23. The zero-order chi connectivity index (χ0) is 22.5. The van der Waals surface area contributed by atoms with Gasteiger partial charge in [0.1, 0.15) is 36.9 Å². The van der Waals surface area contributed by atoms with Gasteiger partial charge in [-0.3, -0.25) is 0 Å². The molecule has 8 nitrogen and oxygen atoms in total. The van der Waals surface area contributed by atoms with Crippen LogP contribution in [0.2, 0.25) is 0 Å². The molecule has 3 N–H and O–H groups in total. The van der Waals surface area contributed by atoms with Gasteiger partial charge in [-0.15, -0.1) is 0 Å². The van der Waals surface area contributed by atoms with Crippen molar-refractivity contribution in [2.75, 3.05) is 32.9 Å². The van der Waals surface area contributed by atoms with Gasteiger partial charge in [-0.2, -0.15) is 0 Å². The minimum absolute atomic E-state index is 0.107. The van der Waals surface area contributed by atoms with Crippen molar-refractivity contribution < 1.29 is 28.8 Å². The van der Waals surface area contributed by atoms with Crippen LogP contribution in [0.1, 0.15) is 23.0 Å². The second-order valence-corrected chi connectivity index (χ2v) is 7.75. The first-order valence-electron chi connectivity index (χ1n) is 10.7. The SMILES string of the molecule is CCOC(=O)c1cc2c(OCC(O)CNCC3COc4ccccc4O3)cc(C)cc2[nH]1. The van der Waals surface area contributed by atoms with Crippen molar-refractivity contribution in [1.29, 1.82) is 0 Å². The molecule has 0 spiro atoms. The highest BCUT2D eigenvalue weighted by Gasteiger charge is 2.20. The fraction of sp³-hybridized carbons (Fsp3) is 0.375. The number of para-hydroxylation sites is 2. The molecule has 0 amide bonds. The second-order valence-electron chi connectivity index (χ2n) is 7.75. The van der Waals surface area contributed by atoms with Gasteiger partial charge in [0.05, 0.1) is 12.1 Å². The summed E-state index contributed by atoms with van der Waals surface area (Å²) in [5, 5.41) is 14.3. The summed E-state index contributed by atoms with van der Waals surface area (Å²) in [6.07, 6.45) is -0.846. The number of hydrogen-bond acceptors (Lipinski definition) is 7. The van der Waals surface area contributed by atoms with Crippen LogP contribution in [0.25, 0.3) is 10.9 Å². The fourth-order valence-electron chi connectivity index (χ4n) is 3.60. The first kappa shape index (κ1) is 22.0. The number of aromatic amines is 1. The van der Waals surface area contributed by atoms with E-state index in [1.165, 1.54) is 0 Å². The average molecular weight is 440 g/mol. The van der Waals surface area contributed by atoms with Crippen LogP contribution >= 0.6 is 0 Å². The van der Waals surface area contributed by atoms with E-state index < -0.39 is 12.1 Å². The number of hydrogen-bond donors (Lipinski definition) is 3. The van der Waals surface area contributed by atoms with Crippen molar-refractivity contribution in [2.45, 2.75) is 26.1 Å². The minimum atomic E-state index is -0.717. The van der Waals surface area contributed by atoms with E-state index in [2.05, 4.69) is 10.3 Å². The molecule has 1 aromatic heterocycles. The Bertz CT molecular complexity index is 1080. The van der Waals surface area contributed by atoms with Crippen molar-refractivity contribution in [2.24, 2.45) is 0 Å². The summed E-state index contributed by atoms with van der Waals surface area (Å²) in [4.78, 5) is 15.1. The molecule has 0 saturated carbocycles. The maximum atomic E-state index is 12.0. The maximum Gasteiger partial charge on any atom is 0.354 e. The topological polar surface area (TPSA) is 102 Å². The van der Waals surface area contributed by atoms with Gasteiger partial charge in [-0.25, -0.2) is 4.79 Å². The Kier molecular flexibility index (Phi) is 6.82. The van der Waals surface area contributed by atoms with Crippen LogP contribution < -0.4 is 19.5 Å². The van der Waals surface area contributed by atoms with Gasteiger partial charge in [-0.1, -0.05) is 12.1 Å². The number of carbonyl (C=O) groups is 1. The Labute approximate surface area is 186 Å². The zero-order valence-electron chi connectivity index (χ0n) is 18.2. The summed E-state index contributed by atoms with van der Waals surface area (Å²) in [5.41, 5.74) is 2.13. The summed E-state index contributed by atoms with van der Waals surface area (Å²) in [6, 6.07) is 13.1. The maximum absolute atomic E-state index is 12.0. The smallest absolute Gasteiger partial charge is 0.354 e. The molecular formula is C24H28N2O6. The molecule has 0 fully saturated rings. The average Bonchev–Trinajstić information content (AvgIpc) is 3.22. The highest BCUT2D eigenvalue weighted by atomic mass is 16.6. The fourth-order valence-corrected chi connectivity index (χ4v) is 3.60. The van der Waals surface area contributed by atoms with E-state index in [0.717, 1.165) is 28.0 Å². The van der Waals surface area contributed by atoms with Crippen LogP contribution in [0.15, 0.2) is 42.5 Å². The number of aliphatic hydroxyl groups excluding tert-OH is 1. The van der Waals surface area contributed by atoms with Gasteiger partial charge < -0.3 is 34.4 Å². The van der Waals surface area contributed by atoms with Crippen LogP contribution in [0.4, 0.5) is 0 Å². The largest absolute Gasteiger partial charge is 0.490 e. The minimum Gasteiger partial charge on any atom is -0.490 e. The Morgan fingerprint density at radius 2 is 2.09 bits per heavy atom. The lowest BCUT2D eigenvalue weighted by atomic mass is 10.1. The number of H-pyrrole nitrogens is 1. The molecule has 8 heteroatoms. The van der Waals surface area contributed by atoms with Gasteiger partial charge >= 0.3 is 5.97 Å². The van der Waals surface area contributed by atoms with E-state index in [-0.39, 0.29) is 12.7 Å². The number of nitrogens with one attached hydrogen (secondary N) is 2. The van der Waals surface area contributed by atoms with Crippen LogP contribution in [0, 0.1) is 6.92 Å². The summed E-state index contributed by atoms with van der Waals surface area (Å²) >= 11 is 0. The van der Waals surface area contributed by atoms with E-state index in [0.29, 0.717) is 37.7 Å². The number of aromatic nitrogens is 1. The Morgan fingerprint density at radius 1 is 1.28 bits per heavy atom. The number of esters is 1. The second kappa shape index (κ2) is 9.93. The number of rotatable bonds is 9. The number of aryl methyl sites for hydroxylation is 1. The third kappa shape index (κ3) is 5.15. The van der Waals surface area contributed by atoms with Crippen molar-refractivity contribution in [3.63, 3.8) is 0 Å². The Balaban J connectivity index is 1.29. The summed E-state index contributed by atoms with van der Waals surface area (Å²) in [5.74, 6) is 1.67. The van der Waals surface area contributed by atoms with Crippen LogP contribution in [-0.4, -0.2) is 61.2 Å². The normalized spacial score (nSPS) is 16.0. The standard InChI is InChI=1S/C24H28N2O6/c1-3-29-24(28)20-10-18-19(26-20)8-15(2)9-23(18)30-13-16(27)11-25-12-17-14-31-21-6-4-5-7-22(21)32-17/h4-10,16-17,25-27H,3,11-14H2,1-2H3. The van der Waals surface area contributed by atoms with Gasteiger partial charge in [0.25, 0.3) is 0 Å². The van der Waals surface area contributed by atoms with Gasteiger partial charge in [0.15, 0.2) is 11.5 Å². The molecule has 0 bridgehead atoms. The summed E-state index contributed by atoms with van der Waals surface area (Å²) < 4.78 is 22.5. The third-order valence-corrected chi connectivity index (χ3v) is 5.09. The van der Waals surface area contributed by atoms with Crippen molar-refractivity contribution in [1.82, 2.24) is 10.3 Å². The number of carbonyl (C=O) groups excluding carboxylic acids is 1. The summed E-state index contributed by atoms with van der Waals surface area (Å²) in [7, 11) is 0.